The Kier molecular flexibility index (Phi) is 4.74. The van der Waals surface area contributed by atoms with Crippen LogP contribution in [-0.4, -0.2) is 13.5 Å². The molecule has 0 saturated carbocycles. The average Bonchev–Trinajstić information content (AvgIpc) is 3.00. The van der Waals surface area contributed by atoms with Crippen molar-refractivity contribution in [3.8, 4) is 21.6 Å². The minimum atomic E-state index is -3.77. The molecule has 0 aliphatic carbocycles. The number of thiophene rings is 1. The molecule has 3 N–H and O–H groups in total. The summed E-state index contributed by atoms with van der Waals surface area (Å²) in [6.45, 7) is 3.39. The molecule has 136 valence electrons. The summed E-state index contributed by atoms with van der Waals surface area (Å²) in [4.78, 5) is 1.64. The fourth-order valence-corrected chi connectivity index (χ4v) is 4.25. The third kappa shape index (κ3) is 3.86. The molecule has 26 heavy (non-hydrogen) atoms. The van der Waals surface area contributed by atoms with Crippen LogP contribution >= 0.6 is 11.3 Å². The molecule has 1 heterocycles. The van der Waals surface area contributed by atoms with Gasteiger partial charge in [0, 0.05) is 15.3 Å². The van der Waals surface area contributed by atoms with E-state index in [2.05, 4.69) is 0 Å². The number of rotatable bonds is 4. The molecule has 0 unspecified atom stereocenters. The lowest BCUT2D eigenvalue weighted by atomic mass is 10.00. The zero-order valence-corrected chi connectivity index (χ0v) is 15.9. The van der Waals surface area contributed by atoms with E-state index >= 15 is 0 Å². The van der Waals surface area contributed by atoms with Gasteiger partial charge in [-0.3, -0.25) is 0 Å². The van der Waals surface area contributed by atoms with Crippen molar-refractivity contribution >= 4 is 21.4 Å². The summed E-state index contributed by atoms with van der Waals surface area (Å²) in [7, 11) is -3.77. The summed E-state index contributed by atoms with van der Waals surface area (Å²) >= 11 is 1.41. The molecule has 3 aromatic rings. The Balaban J connectivity index is 2.16. The van der Waals surface area contributed by atoms with E-state index in [4.69, 9.17) is 5.14 Å². The van der Waals surface area contributed by atoms with Gasteiger partial charge in [0.2, 0.25) is 10.0 Å². The number of hydrogen-bond donors (Lipinski definition) is 2. The van der Waals surface area contributed by atoms with Gasteiger partial charge in [-0.1, -0.05) is 24.3 Å². The fourth-order valence-electron chi connectivity index (χ4n) is 2.55. The number of aliphatic hydroxyl groups is 1. The van der Waals surface area contributed by atoms with Crippen molar-refractivity contribution in [3.05, 3.63) is 65.3 Å². The van der Waals surface area contributed by atoms with Crippen molar-refractivity contribution < 1.29 is 17.9 Å². The minimum absolute atomic E-state index is 0.0313. The Bertz CT molecular complexity index is 1030. The van der Waals surface area contributed by atoms with Crippen LogP contribution in [0.3, 0.4) is 0 Å². The number of halogens is 1. The SMILES string of the molecule is CC(C)(O)c1cc(-c2ccc(F)cc2)c(-c2ccc(S(N)(=O)=O)cc2)s1. The van der Waals surface area contributed by atoms with Crippen LogP contribution in [0.5, 0.6) is 0 Å². The number of hydrogen-bond acceptors (Lipinski definition) is 4. The first kappa shape index (κ1) is 18.7. The normalized spacial score (nSPS) is 12.3. The van der Waals surface area contributed by atoms with Gasteiger partial charge in [-0.05, 0) is 55.3 Å². The highest BCUT2D eigenvalue weighted by Gasteiger charge is 2.23. The largest absolute Gasteiger partial charge is 0.385 e. The van der Waals surface area contributed by atoms with Gasteiger partial charge in [-0.15, -0.1) is 11.3 Å². The first-order valence-corrected chi connectivity index (χ1v) is 10.2. The van der Waals surface area contributed by atoms with Gasteiger partial charge in [-0.2, -0.15) is 0 Å². The van der Waals surface area contributed by atoms with Gasteiger partial charge in [-0.25, -0.2) is 17.9 Å². The Morgan fingerprint density at radius 1 is 1.00 bits per heavy atom. The fraction of sp³-hybridized carbons (Fsp3) is 0.158. The number of sulfonamides is 1. The smallest absolute Gasteiger partial charge is 0.238 e. The monoisotopic (exact) mass is 391 g/mol. The quantitative estimate of drug-likeness (QED) is 0.703. The maximum absolute atomic E-state index is 13.3. The van der Waals surface area contributed by atoms with Crippen molar-refractivity contribution in [1.29, 1.82) is 0 Å². The average molecular weight is 391 g/mol. The van der Waals surface area contributed by atoms with Gasteiger partial charge in [0.15, 0.2) is 0 Å². The summed E-state index contributed by atoms with van der Waals surface area (Å²) in [5, 5.41) is 15.5. The van der Waals surface area contributed by atoms with E-state index in [1.54, 1.807) is 38.1 Å². The molecule has 2 aromatic carbocycles. The number of nitrogens with two attached hydrogens (primary N) is 1. The summed E-state index contributed by atoms with van der Waals surface area (Å²) < 4.78 is 36.2. The molecule has 0 aliphatic rings. The van der Waals surface area contributed by atoms with Crippen LogP contribution < -0.4 is 5.14 Å². The van der Waals surface area contributed by atoms with E-state index in [1.807, 2.05) is 6.07 Å². The van der Waals surface area contributed by atoms with Crippen LogP contribution in [0.2, 0.25) is 0 Å². The van der Waals surface area contributed by atoms with Gasteiger partial charge in [0.25, 0.3) is 0 Å². The molecule has 0 amide bonds. The molecule has 0 atom stereocenters. The first-order valence-electron chi connectivity index (χ1n) is 7.81. The second kappa shape index (κ2) is 6.59. The maximum atomic E-state index is 13.3. The molecule has 0 spiro atoms. The lowest BCUT2D eigenvalue weighted by molar-refractivity contribution is 0.0826. The van der Waals surface area contributed by atoms with Gasteiger partial charge >= 0.3 is 0 Å². The summed E-state index contributed by atoms with van der Waals surface area (Å²) in [5.74, 6) is -0.328. The first-order chi connectivity index (χ1) is 12.1. The second-order valence-corrected chi connectivity index (χ2v) is 9.10. The molecule has 3 rings (SSSR count). The standard InChI is InChI=1S/C19H18FNO3S2/c1-19(2,22)17-11-16(12-3-7-14(20)8-4-12)18(25-17)13-5-9-15(10-6-13)26(21,23)24/h3-11,22H,1-2H3,(H2,21,23,24). The van der Waals surface area contributed by atoms with Gasteiger partial charge in [0.1, 0.15) is 5.82 Å². The highest BCUT2D eigenvalue weighted by atomic mass is 32.2. The second-order valence-electron chi connectivity index (χ2n) is 6.49. The Morgan fingerprint density at radius 2 is 1.54 bits per heavy atom. The molecule has 7 heteroatoms. The Morgan fingerprint density at radius 3 is 2.04 bits per heavy atom. The van der Waals surface area contributed by atoms with E-state index in [1.165, 1.54) is 35.6 Å². The lowest BCUT2D eigenvalue weighted by Gasteiger charge is -2.14. The molecule has 4 nitrogen and oxygen atoms in total. The number of primary sulfonamides is 1. The van der Waals surface area contributed by atoms with Crippen molar-refractivity contribution in [2.24, 2.45) is 5.14 Å². The van der Waals surface area contributed by atoms with Crippen LogP contribution in [0.15, 0.2) is 59.5 Å². The van der Waals surface area contributed by atoms with E-state index in [9.17, 15) is 17.9 Å². The number of benzene rings is 2. The van der Waals surface area contributed by atoms with E-state index in [0.717, 1.165) is 26.4 Å². The molecular weight excluding hydrogens is 373 g/mol. The molecule has 0 aliphatic heterocycles. The Labute approximate surface area is 155 Å². The summed E-state index contributed by atoms with van der Waals surface area (Å²) in [6.07, 6.45) is 0. The third-order valence-electron chi connectivity index (χ3n) is 3.94. The van der Waals surface area contributed by atoms with Crippen molar-refractivity contribution in [2.75, 3.05) is 0 Å². The van der Waals surface area contributed by atoms with E-state index in [-0.39, 0.29) is 10.7 Å². The van der Waals surface area contributed by atoms with E-state index in [0.29, 0.717) is 0 Å². The molecule has 0 radical (unpaired) electrons. The predicted molar refractivity (Wildman–Crippen MR) is 102 cm³/mol. The van der Waals surface area contributed by atoms with Crippen molar-refractivity contribution in [1.82, 2.24) is 0 Å². The van der Waals surface area contributed by atoms with Gasteiger partial charge < -0.3 is 5.11 Å². The van der Waals surface area contributed by atoms with Crippen LogP contribution in [0.25, 0.3) is 21.6 Å². The predicted octanol–water partition coefficient (Wildman–Crippen LogP) is 4.10. The van der Waals surface area contributed by atoms with Gasteiger partial charge in [0.05, 0.1) is 10.5 Å². The molecule has 0 saturated heterocycles. The summed E-state index contributed by atoms with van der Waals surface area (Å²) in [5.41, 5.74) is 1.41. The minimum Gasteiger partial charge on any atom is -0.385 e. The van der Waals surface area contributed by atoms with E-state index < -0.39 is 15.6 Å². The third-order valence-corrected chi connectivity index (χ3v) is 6.36. The molecular formula is C19H18FNO3S2. The van der Waals surface area contributed by atoms with Crippen LogP contribution in [0.4, 0.5) is 4.39 Å². The Hall–Kier alpha value is -2.06. The molecule has 1 aromatic heterocycles. The van der Waals surface area contributed by atoms with Crippen molar-refractivity contribution in [2.45, 2.75) is 24.3 Å². The lowest BCUT2D eigenvalue weighted by Crippen LogP contribution is -2.12. The van der Waals surface area contributed by atoms with Crippen LogP contribution in [0.1, 0.15) is 18.7 Å². The van der Waals surface area contributed by atoms with Crippen LogP contribution in [0, 0.1) is 5.82 Å². The maximum Gasteiger partial charge on any atom is 0.238 e. The zero-order valence-electron chi connectivity index (χ0n) is 14.2. The van der Waals surface area contributed by atoms with Crippen LogP contribution in [-0.2, 0) is 15.6 Å². The zero-order chi connectivity index (χ0) is 19.1. The highest BCUT2D eigenvalue weighted by Crippen LogP contribution is 2.42. The summed E-state index contributed by atoms with van der Waals surface area (Å²) in [6, 6.07) is 14.2. The molecule has 0 fully saturated rings. The topological polar surface area (TPSA) is 80.4 Å². The molecule has 0 bridgehead atoms. The van der Waals surface area contributed by atoms with Crippen molar-refractivity contribution in [3.63, 3.8) is 0 Å². The highest BCUT2D eigenvalue weighted by molar-refractivity contribution is 7.89.